The van der Waals surface area contributed by atoms with Gasteiger partial charge in [0.25, 0.3) is 0 Å². The molecule has 3 heteroatoms. The van der Waals surface area contributed by atoms with Gasteiger partial charge in [0.05, 0.1) is 6.42 Å². The van der Waals surface area contributed by atoms with Crippen molar-refractivity contribution in [2.24, 2.45) is 0 Å². The minimum atomic E-state index is -0.817. The number of carbonyl (C=O) groups is 1. The summed E-state index contributed by atoms with van der Waals surface area (Å²) >= 11 is 0. The first-order chi connectivity index (χ1) is 8.16. The molecule has 1 N–H and O–H groups in total. The molecule has 17 heavy (non-hydrogen) atoms. The van der Waals surface area contributed by atoms with Crippen molar-refractivity contribution in [3.63, 3.8) is 0 Å². The van der Waals surface area contributed by atoms with E-state index in [1.807, 2.05) is 12.1 Å². The third-order valence-corrected chi connectivity index (χ3v) is 3.14. The van der Waals surface area contributed by atoms with Crippen LogP contribution in [-0.4, -0.2) is 17.2 Å². The van der Waals surface area contributed by atoms with Gasteiger partial charge in [0.2, 0.25) is 0 Å². The van der Waals surface area contributed by atoms with E-state index in [9.17, 15) is 4.79 Å². The van der Waals surface area contributed by atoms with E-state index >= 15 is 0 Å². The highest BCUT2D eigenvalue weighted by Crippen LogP contribution is 2.30. The number of fused-ring (bicyclic) bond motifs is 1. The van der Waals surface area contributed by atoms with Crippen molar-refractivity contribution >= 4 is 5.97 Å². The van der Waals surface area contributed by atoms with Crippen LogP contribution in [0.2, 0.25) is 0 Å². The second-order valence-corrected chi connectivity index (χ2v) is 4.63. The second kappa shape index (κ2) is 5.21. The molecule has 1 atom stereocenters. The molecule has 1 aromatic rings. The Morgan fingerprint density at radius 1 is 1.41 bits per heavy atom. The maximum atomic E-state index is 10.6. The van der Waals surface area contributed by atoms with Crippen molar-refractivity contribution in [1.82, 2.24) is 0 Å². The standard InChI is InChI=1S/C14H18O3/c1-10(9-14(15)16)17-13-8-4-6-11-5-2-3-7-12(11)13/h4,6,8,10H,2-3,5,7,9H2,1H3,(H,15,16). The summed E-state index contributed by atoms with van der Waals surface area (Å²) in [6.45, 7) is 1.80. The molecule has 0 bridgehead atoms. The summed E-state index contributed by atoms with van der Waals surface area (Å²) < 4.78 is 5.74. The Kier molecular flexibility index (Phi) is 3.67. The average molecular weight is 234 g/mol. The number of rotatable bonds is 4. The first-order valence-corrected chi connectivity index (χ1v) is 6.16. The van der Waals surface area contributed by atoms with Gasteiger partial charge in [-0.15, -0.1) is 0 Å². The van der Waals surface area contributed by atoms with Crippen LogP contribution < -0.4 is 4.74 Å². The summed E-state index contributed by atoms with van der Waals surface area (Å²) in [5.41, 5.74) is 2.63. The number of carboxylic acids is 1. The normalized spacial score (nSPS) is 16.1. The van der Waals surface area contributed by atoms with Crippen LogP contribution in [0.3, 0.4) is 0 Å². The molecular formula is C14H18O3. The fourth-order valence-electron chi connectivity index (χ4n) is 2.36. The molecular weight excluding hydrogens is 216 g/mol. The molecule has 0 amide bonds. The van der Waals surface area contributed by atoms with E-state index in [2.05, 4.69) is 6.07 Å². The van der Waals surface area contributed by atoms with Gasteiger partial charge in [-0.05, 0) is 49.8 Å². The molecule has 1 unspecified atom stereocenters. The van der Waals surface area contributed by atoms with E-state index in [-0.39, 0.29) is 12.5 Å². The van der Waals surface area contributed by atoms with Crippen LogP contribution in [0.5, 0.6) is 5.75 Å². The first-order valence-electron chi connectivity index (χ1n) is 6.16. The van der Waals surface area contributed by atoms with Crippen LogP contribution in [0.4, 0.5) is 0 Å². The SMILES string of the molecule is CC(CC(=O)O)Oc1cccc2c1CCCC2. The van der Waals surface area contributed by atoms with Crippen LogP contribution >= 0.6 is 0 Å². The Bertz CT molecular complexity index is 412. The van der Waals surface area contributed by atoms with E-state index in [1.165, 1.54) is 24.0 Å². The molecule has 92 valence electrons. The van der Waals surface area contributed by atoms with Gasteiger partial charge in [0, 0.05) is 0 Å². The fourth-order valence-corrected chi connectivity index (χ4v) is 2.36. The Balaban J connectivity index is 2.13. The molecule has 1 aliphatic carbocycles. The highest BCUT2D eigenvalue weighted by Gasteiger charge is 2.16. The minimum absolute atomic E-state index is 0.0453. The van der Waals surface area contributed by atoms with Gasteiger partial charge in [-0.1, -0.05) is 12.1 Å². The van der Waals surface area contributed by atoms with Crippen LogP contribution in [0.15, 0.2) is 18.2 Å². The van der Waals surface area contributed by atoms with Gasteiger partial charge in [0.15, 0.2) is 0 Å². The van der Waals surface area contributed by atoms with Crippen LogP contribution in [0.1, 0.15) is 37.3 Å². The monoisotopic (exact) mass is 234 g/mol. The molecule has 3 nitrogen and oxygen atoms in total. The van der Waals surface area contributed by atoms with Crippen LogP contribution in [0, 0.1) is 0 Å². The predicted octanol–water partition coefficient (Wildman–Crippen LogP) is 2.81. The van der Waals surface area contributed by atoms with Gasteiger partial charge in [-0.25, -0.2) is 0 Å². The van der Waals surface area contributed by atoms with Gasteiger partial charge in [0.1, 0.15) is 11.9 Å². The Hall–Kier alpha value is -1.51. The van der Waals surface area contributed by atoms with Crippen molar-refractivity contribution in [2.45, 2.75) is 45.1 Å². The number of aliphatic carboxylic acids is 1. The van der Waals surface area contributed by atoms with Gasteiger partial charge < -0.3 is 9.84 Å². The molecule has 0 saturated carbocycles. The predicted molar refractivity (Wildman–Crippen MR) is 65.4 cm³/mol. The highest BCUT2D eigenvalue weighted by molar-refractivity contribution is 5.67. The lowest BCUT2D eigenvalue weighted by Crippen LogP contribution is -2.18. The fraction of sp³-hybridized carbons (Fsp3) is 0.500. The summed E-state index contributed by atoms with van der Waals surface area (Å²) in [5, 5.41) is 8.72. The van der Waals surface area contributed by atoms with Crippen molar-refractivity contribution < 1.29 is 14.6 Å². The van der Waals surface area contributed by atoms with Crippen LogP contribution in [-0.2, 0) is 17.6 Å². The van der Waals surface area contributed by atoms with Gasteiger partial charge in [-0.2, -0.15) is 0 Å². The maximum Gasteiger partial charge on any atom is 0.307 e. The molecule has 0 spiro atoms. The lowest BCUT2D eigenvalue weighted by atomic mass is 9.91. The number of ether oxygens (including phenoxy) is 1. The molecule has 0 aliphatic heterocycles. The quantitative estimate of drug-likeness (QED) is 0.871. The van der Waals surface area contributed by atoms with Crippen molar-refractivity contribution in [1.29, 1.82) is 0 Å². The van der Waals surface area contributed by atoms with E-state index in [0.717, 1.165) is 18.6 Å². The number of aryl methyl sites for hydroxylation is 1. The summed E-state index contributed by atoms with van der Waals surface area (Å²) in [6.07, 6.45) is 4.36. The topological polar surface area (TPSA) is 46.5 Å². The molecule has 0 heterocycles. The third-order valence-electron chi connectivity index (χ3n) is 3.14. The number of carboxylic acid groups (broad SMARTS) is 1. The zero-order chi connectivity index (χ0) is 12.3. The summed E-state index contributed by atoms with van der Waals surface area (Å²) in [7, 11) is 0. The largest absolute Gasteiger partial charge is 0.490 e. The maximum absolute atomic E-state index is 10.6. The minimum Gasteiger partial charge on any atom is -0.490 e. The average Bonchev–Trinajstić information content (AvgIpc) is 2.28. The van der Waals surface area contributed by atoms with E-state index in [0.29, 0.717) is 0 Å². The summed E-state index contributed by atoms with van der Waals surface area (Å²) in [4.78, 5) is 10.6. The molecule has 0 saturated heterocycles. The van der Waals surface area contributed by atoms with Gasteiger partial charge in [-0.3, -0.25) is 4.79 Å². The third kappa shape index (κ3) is 2.99. The number of hydrogen-bond donors (Lipinski definition) is 1. The molecule has 2 rings (SSSR count). The Morgan fingerprint density at radius 2 is 2.18 bits per heavy atom. The molecule has 1 aromatic carbocycles. The molecule has 0 radical (unpaired) electrons. The molecule has 0 fully saturated rings. The van der Waals surface area contributed by atoms with Crippen molar-refractivity contribution in [3.05, 3.63) is 29.3 Å². The Morgan fingerprint density at radius 3 is 2.94 bits per heavy atom. The van der Waals surface area contributed by atoms with Crippen molar-refractivity contribution in [3.8, 4) is 5.75 Å². The van der Waals surface area contributed by atoms with E-state index < -0.39 is 5.97 Å². The van der Waals surface area contributed by atoms with Gasteiger partial charge >= 0.3 is 5.97 Å². The number of benzene rings is 1. The summed E-state index contributed by atoms with van der Waals surface area (Å²) in [5.74, 6) is 0.0539. The second-order valence-electron chi connectivity index (χ2n) is 4.63. The zero-order valence-corrected chi connectivity index (χ0v) is 10.1. The van der Waals surface area contributed by atoms with Crippen molar-refractivity contribution in [2.75, 3.05) is 0 Å². The zero-order valence-electron chi connectivity index (χ0n) is 10.1. The van der Waals surface area contributed by atoms with E-state index in [4.69, 9.17) is 9.84 Å². The Labute approximate surface area is 101 Å². The number of hydrogen-bond acceptors (Lipinski definition) is 2. The smallest absolute Gasteiger partial charge is 0.307 e. The lowest BCUT2D eigenvalue weighted by Gasteiger charge is -2.21. The summed E-state index contributed by atoms with van der Waals surface area (Å²) in [6, 6.07) is 6.08. The van der Waals surface area contributed by atoms with E-state index in [1.54, 1.807) is 6.92 Å². The molecule has 0 aromatic heterocycles. The highest BCUT2D eigenvalue weighted by atomic mass is 16.5. The molecule has 1 aliphatic rings. The lowest BCUT2D eigenvalue weighted by molar-refractivity contribution is -0.138. The van der Waals surface area contributed by atoms with Crippen LogP contribution in [0.25, 0.3) is 0 Å². The first kappa shape index (κ1) is 12.0.